The predicted molar refractivity (Wildman–Crippen MR) is 42.8 cm³/mol. The van der Waals surface area contributed by atoms with Gasteiger partial charge in [-0.3, -0.25) is 0 Å². The summed E-state index contributed by atoms with van der Waals surface area (Å²) in [6.45, 7) is 0.946. The minimum absolute atomic E-state index is 0.833. The monoisotopic (exact) mass is 146 g/mol. The summed E-state index contributed by atoms with van der Waals surface area (Å²) in [5.41, 5.74) is 1.43. The van der Waals surface area contributed by atoms with Gasteiger partial charge in [-0.15, -0.1) is 0 Å². The zero-order valence-electron chi connectivity index (χ0n) is 6.29. The Balaban J connectivity index is 2.14. The molecule has 0 radical (unpaired) electrons. The molecule has 1 heteroatoms. The van der Waals surface area contributed by atoms with Gasteiger partial charge in [0.1, 0.15) is 5.75 Å². The summed E-state index contributed by atoms with van der Waals surface area (Å²) in [7, 11) is 0. The van der Waals surface area contributed by atoms with E-state index in [9.17, 15) is 0 Å². The molecular formula is C10H10O. The average molecular weight is 146 g/mol. The van der Waals surface area contributed by atoms with Crippen molar-refractivity contribution in [2.45, 2.75) is 12.3 Å². The quantitative estimate of drug-likeness (QED) is 0.545. The molecule has 0 saturated heterocycles. The van der Waals surface area contributed by atoms with E-state index in [1.807, 2.05) is 6.07 Å². The molecule has 0 aromatic heterocycles. The third kappa shape index (κ3) is 0.710. The van der Waals surface area contributed by atoms with Gasteiger partial charge in [-0.2, -0.15) is 0 Å². The Bertz CT molecular complexity index is 293. The van der Waals surface area contributed by atoms with E-state index >= 15 is 0 Å². The highest BCUT2D eigenvalue weighted by Gasteiger charge is 2.43. The fraction of sp³-hybridized carbons (Fsp3) is 0.400. The van der Waals surface area contributed by atoms with E-state index in [0.29, 0.717) is 0 Å². The third-order valence-electron chi connectivity index (χ3n) is 2.69. The Morgan fingerprint density at radius 3 is 3.18 bits per heavy atom. The topological polar surface area (TPSA) is 9.23 Å². The van der Waals surface area contributed by atoms with Gasteiger partial charge in [0.05, 0.1) is 6.61 Å². The zero-order chi connectivity index (χ0) is 7.26. The summed E-state index contributed by atoms with van der Waals surface area (Å²) in [6.07, 6.45) is 1.34. The largest absolute Gasteiger partial charge is 0.493 e. The Morgan fingerprint density at radius 2 is 2.18 bits per heavy atom. The maximum atomic E-state index is 5.58. The molecule has 0 amide bonds. The van der Waals surface area contributed by atoms with Crippen molar-refractivity contribution in [1.29, 1.82) is 0 Å². The van der Waals surface area contributed by atoms with E-state index in [-0.39, 0.29) is 0 Å². The van der Waals surface area contributed by atoms with Crippen molar-refractivity contribution in [3.8, 4) is 5.75 Å². The molecule has 1 aromatic carbocycles. The van der Waals surface area contributed by atoms with Crippen molar-refractivity contribution in [3.63, 3.8) is 0 Å². The molecule has 1 saturated carbocycles. The molecule has 2 aliphatic rings. The fourth-order valence-electron chi connectivity index (χ4n) is 1.93. The van der Waals surface area contributed by atoms with Crippen molar-refractivity contribution in [2.75, 3.05) is 6.61 Å². The highest BCUT2D eigenvalue weighted by molar-refractivity contribution is 5.41. The molecule has 1 aliphatic heterocycles. The number of benzene rings is 1. The van der Waals surface area contributed by atoms with Crippen LogP contribution in [0.15, 0.2) is 24.3 Å². The van der Waals surface area contributed by atoms with Crippen LogP contribution in [0.2, 0.25) is 0 Å². The maximum Gasteiger partial charge on any atom is 0.122 e. The zero-order valence-corrected chi connectivity index (χ0v) is 6.29. The molecule has 0 bridgehead atoms. The molecule has 56 valence electrons. The van der Waals surface area contributed by atoms with Crippen LogP contribution in [-0.2, 0) is 0 Å². The number of hydrogen-bond acceptors (Lipinski definition) is 1. The molecule has 0 unspecified atom stereocenters. The van der Waals surface area contributed by atoms with Crippen LogP contribution in [0.4, 0.5) is 0 Å². The van der Waals surface area contributed by atoms with Crippen LogP contribution in [0.1, 0.15) is 17.9 Å². The van der Waals surface area contributed by atoms with Crippen molar-refractivity contribution in [1.82, 2.24) is 0 Å². The second kappa shape index (κ2) is 1.79. The SMILES string of the molecule is c1ccc2c(c1)OC[C@@H]1C[C@H]21. The summed E-state index contributed by atoms with van der Waals surface area (Å²) in [5, 5.41) is 0. The highest BCUT2D eigenvalue weighted by atomic mass is 16.5. The molecule has 1 aliphatic carbocycles. The maximum absolute atomic E-state index is 5.58. The van der Waals surface area contributed by atoms with Gasteiger partial charge in [0, 0.05) is 5.92 Å². The minimum atomic E-state index is 0.833. The Morgan fingerprint density at radius 1 is 1.27 bits per heavy atom. The number of para-hydroxylation sites is 1. The lowest BCUT2D eigenvalue weighted by Crippen LogP contribution is -2.07. The van der Waals surface area contributed by atoms with Crippen LogP contribution in [0.25, 0.3) is 0 Å². The minimum Gasteiger partial charge on any atom is -0.493 e. The summed E-state index contributed by atoms with van der Waals surface area (Å²) < 4.78 is 5.58. The lowest BCUT2D eigenvalue weighted by Gasteiger charge is -2.15. The Hall–Kier alpha value is -0.980. The van der Waals surface area contributed by atoms with Crippen molar-refractivity contribution in [3.05, 3.63) is 29.8 Å². The molecule has 0 N–H and O–H groups in total. The summed E-state index contributed by atoms with van der Waals surface area (Å²) in [6, 6.07) is 8.41. The van der Waals surface area contributed by atoms with Gasteiger partial charge in [0.25, 0.3) is 0 Å². The predicted octanol–water partition coefficient (Wildman–Crippen LogP) is 2.18. The molecule has 11 heavy (non-hydrogen) atoms. The molecule has 2 atom stereocenters. The standard InChI is InChI=1S/C10H10O/c1-2-4-10-8(3-1)9-5-7(9)6-11-10/h1-4,7,9H,5-6H2/t7-,9-/m0/s1. The Kier molecular flexibility index (Phi) is 0.916. The van der Waals surface area contributed by atoms with E-state index in [0.717, 1.165) is 24.2 Å². The first-order valence-corrected chi connectivity index (χ1v) is 4.17. The summed E-state index contributed by atoms with van der Waals surface area (Å²) >= 11 is 0. The van der Waals surface area contributed by atoms with Crippen LogP contribution in [0.3, 0.4) is 0 Å². The molecule has 1 nitrogen and oxygen atoms in total. The van der Waals surface area contributed by atoms with Gasteiger partial charge in [-0.05, 0) is 24.0 Å². The molecule has 3 rings (SSSR count). The molecular weight excluding hydrogens is 136 g/mol. The lowest BCUT2D eigenvalue weighted by molar-refractivity contribution is 0.279. The van der Waals surface area contributed by atoms with Crippen molar-refractivity contribution >= 4 is 0 Å². The number of rotatable bonds is 0. The smallest absolute Gasteiger partial charge is 0.122 e. The van der Waals surface area contributed by atoms with Gasteiger partial charge in [0.15, 0.2) is 0 Å². The first kappa shape index (κ1) is 5.64. The van der Waals surface area contributed by atoms with Crippen LogP contribution in [-0.4, -0.2) is 6.61 Å². The summed E-state index contributed by atoms with van der Waals surface area (Å²) in [4.78, 5) is 0. The normalized spacial score (nSPS) is 31.6. The van der Waals surface area contributed by atoms with Crippen LogP contribution >= 0.6 is 0 Å². The van der Waals surface area contributed by atoms with Crippen LogP contribution in [0, 0.1) is 5.92 Å². The van der Waals surface area contributed by atoms with E-state index < -0.39 is 0 Å². The highest BCUT2D eigenvalue weighted by Crippen LogP contribution is 2.53. The Labute approximate surface area is 66.0 Å². The van der Waals surface area contributed by atoms with E-state index in [1.54, 1.807) is 0 Å². The van der Waals surface area contributed by atoms with Crippen LogP contribution < -0.4 is 4.74 Å². The van der Waals surface area contributed by atoms with Gasteiger partial charge < -0.3 is 4.74 Å². The molecule has 1 aromatic rings. The fourth-order valence-corrected chi connectivity index (χ4v) is 1.93. The van der Waals surface area contributed by atoms with E-state index in [1.165, 1.54) is 12.0 Å². The average Bonchev–Trinajstić information content (AvgIpc) is 2.83. The first-order valence-electron chi connectivity index (χ1n) is 4.17. The summed E-state index contributed by atoms with van der Waals surface area (Å²) in [5.74, 6) is 2.79. The third-order valence-corrected chi connectivity index (χ3v) is 2.69. The lowest BCUT2D eigenvalue weighted by atomic mass is 10.1. The van der Waals surface area contributed by atoms with Crippen molar-refractivity contribution in [2.24, 2.45) is 5.92 Å². The van der Waals surface area contributed by atoms with Crippen molar-refractivity contribution < 1.29 is 4.74 Å². The van der Waals surface area contributed by atoms with Gasteiger partial charge >= 0.3 is 0 Å². The van der Waals surface area contributed by atoms with E-state index in [2.05, 4.69) is 18.2 Å². The van der Waals surface area contributed by atoms with Gasteiger partial charge in [-0.1, -0.05) is 18.2 Å². The van der Waals surface area contributed by atoms with E-state index in [4.69, 9.17) is 4.74 Å². The molecule has 0 spiro atoms. The number of fused-ring (bicyclic) bond motifs is 3. The number of ether oxygens (including phenoxy) is 1. The van der Waals surface area contributed by atoms with Gasteiger partial charge in [-0.25, -0.2) is 0 Å². The number of hydrogen-bond donors (Lipinski definition) is 0. The molecule has 1 heterocycles. The molecule has 1 fully saturated rings. The second-order valence-corrected chi connectivity index (χ2v) is 3.45. The second-order valence-electron chi connectivity index (χ2n) is 3.45. The first-order chi connectivity index (χ1) is 5.45. The van der Waals surface area contributed by atoms with Gasteiger partial charge in [0.2, 0.25) is 0 Å². The van der Waals surface area contributed by atoms with Crippen LogP contribution in [0.5, 0.6) is 5.75 Å².